The summed E-state index contributed by atoms with van der Waals surface area (Å²) in [4.78, 5) is 14.4. The maximum atomic E-state index is 9.28. The van der Waals surface area contributed by atoms with Gasteiger partial charge in [-0.05, 0) is 25.0 Å². The molecule has 1 unspecified atom stereocenters. The molecular weight excluding hydrogens is 286 g/mol. The highest BCUT2D eigenvalue weighted by molar-refractivity contribution is 5.92. The van der Waals surface area contributed by atoms with Crippen molar-refractivity contribution in [1.82, 2.24) is 15.0 Å². The number of nitrogens with one attached hydrogen (secondary N) is 1. The van der Waals surface area contributed by atoms with Gasteiger partial charge in [0.15, 0.2) is 0 Å². The summed E-state index contributed by atoms with van der Waals surface area (Å²) in [6.45, 7) is 1.91. The molecule has 5 nitrogen and oxygen atoms in total. The van der Waals surface area contributed by atoms with Crippen molar-refractivity contribution in [2.45, 2.75) is 18.8 Å². The Labute approximate surface area is 134 Å². The van der Waals surface area contributed by atoms with Crippen molar-refractivity contribution in [3.05, 3.63) is 54.2 Å². The Bertz CT molecular complexity index is 863. The van der Waals surface area contributed by atoms with Crippen LogP contribution in [0.5, 0.6) is 0 Å². The molecule has 1 fully saturated rings. The van der Waals surface area contributed by atoms with E-state index in [1.807, 2.05) is 36.7 Å². The number of para-hydroxylation sites is 1. The van der Waals surface area contributed by atoms with Gasteiger partial charge in [-0.2, -0.15) is 5.26 Å². The van der Waals surface area contributed by atoms with Crippen LogP contribution in [0.15, 0.2) is 42.7 Å². The smallest absolute Gasteiger partial charge is 0.143 e. The van der Waals surface area contributed by atoms with E-state index in [1.54, 1.807) is 0 Å². The van der Waals surface area contributed by atoms with Gasteiger partial charge in [-0.1, -0.05) is 18.2 Å². The SMILES string of the molecule is N#Cc1cc(N2CCCC(c3ncc[nH]3)C2)c2ccccc2n1. The van der Waals surface area contributed by atoms with E-state index in [0.29, 0.717) is 11.6 Å². The van der Waals surface area contributed by atoms with E-state index in [9.17, 15) is 5.26 Å². The largest absolute Gasteiger partial charge is 0.370 e. The summed E-state index contributed by atoms with van der Waals surface area (Å²) in [5, 5.41) is 10.4. The summed E-state index contributed by atoms with van der Waals surface area (Å²) in [6, 6.07) is 12.1. The fraction of sp³-hybridized carbons (Fsp3) is 0.278. The van der Waals surface area contributed by atoms with E-state index in [-0.39, 0.29) is 0 Å². The molecule has 3 heterocycles. The number of fused-ring (bicyclic) bond motifs is 1. The number of pyridine rings is 1. The van der Waals surface area contributed by atoms with E-state index < -0.39 is 0 Å². The van der Waals surface area contributed by atoms with Gasteiger partial charge in [0, 0.05) is 42.5 Å². The third-order valence-electron chi connectivity index (χ3n) is 4.48. The Morgan fingerprint density at radius 2 is 2.22 bits per heavy atom. The van der Waals surface area contributed by atoms with Gasteiger partial charge in [-0.15, -0.1) is 0 Å². The molecular formula is C18H17N5. The van der Waals surface area contributed by atoms with Crippen molar-refractivity contribution in [3.8, 4) is 6.07 Å². The Morgan fingerprint density at radius 3 is 3.04 bits per heavy atom. The predicted molar refractivity (Wildman–Crippen MR) is 89.2 cm³/mol. The number of piperidine rings is 1. The highest BCUT2D eigenvalue weighted by Gasteiger charge is 2.24. The van der Waals surface area contributed by atoms with E-state index >= 15 is 0 Å². The Hall–Kier alpha value is -2.87. The van der Waals surface area contributed by atoms with E-state index in [1.165, 1.54) is 0 Å². The third-order valence-corrected chi connectivity index (χ3v) is 4.48. The molecule has 0 saturated carbocycles. The van der Waals surface area contributed by atoms with Crippen LogP contribution in [-0.2, 0) is 0 Å². The van der Waals surface area contributed by atoms with Crippen LogP contribution in [0.4, 0.5) is 5.69 Å². The molecule has 1 saturated heterocycles. The molecule has 1 aliphatic rings. The first-order valence-electron chi connectivity index (χ1n) is 7.89. The topological polar surface area (TPSA) is 68.6 Å². The number of hydrogen-bond acceptors (Lipinski definition) is 4. The van der Waals surface area contributed by atoms with Gasteiger partial charge in [0.05, 0.1) is 5.52 Å². The van der Waals surface area contributed by atoms with Gasteiger partial charge in [0.2, 0.25) is 0 Å². The van der Waals surface area contributed by atoms with Crippen molar-refractivity contribution in [3.63, 3.8) is 0 Å². The standard InChI is InChI=1S/C18H17N5/c19-11-14-10-17(15-5-1-2-6-16(15)22-14)23-9-3-4-13(12-23)18-20-7-8-21-18/h1-2,5-8,10,13H,3-4,9,12H2,(H,20,21). The quantitative estimate of drug-likeness (QED) is 0.789. The van der Waals surface area contributed by atoms with Gasteiger partial charge >= 0.3 is 0 Å². The summed E-state index contributed by atoms with van der Waals surface area (Å²) in [6.07, 6.45) is 5.94. The second-order valence-corrected chi connectivity index (χ2v) is 5.92. The molecule has 4 rings (SSSR count). The van der Waals surface area contributed by atoms with Crippen LogP contribution in [0.25, 0.3) is 10.9 Å². The van der Waals surface area contributed by atoms with Crippen LogP contribution in [0.3, 0.4) is 0 Å². The zero-order valence-electron chi connectivity index (χ0n) is 12.7. The molecule has 2 aromatic heterocycles. The number of benzene rings is 1. The minimum absolute atomic E-state index is 0.399. The second kappa shape index (κ2) is 5.73. The lowest BCUT2D eigenvalue weighted by atomic mass is 9.96. The zero-order valence-corrected chi connectivity index (χ0v) is 12.7. The molecule has 114 valence electrons. The van der Waals surface area contributed by atoms with E-state index in [2.05, 4.69) is 32.0 Å². The molecule has 1 N–H and O–H groups in total. The van der Waals surface area contributed by atoms with Crippen LogP contribution in [-0.4, -0.2) is 28.0 Å². The first kappa shape index (κ1) is 13.8. The molecule has 0 amide bonds. The molecule has 1 aromatic carbocycles. The number of nitriles is 1. The van der Waals surface area contributed by atoms with Crippen molar-refractivity contribution in [2.75, 3.05) is 18.0 Å². The number of hydrogen-bond donors (Lipinski definition) is 1. The van der Waals surface area contributed by atoms with Crippen molar-refractivity contribution >= 4 is 16.6 Å². The van der Waals surface area contributed by atoms with E-state index in [0.717, 1.165) is 48.3 Å². The van der Waals surface area contributed by atoms with Crippen LogP contribution in [0, 0.1) is 11.3 Å². The van der Waals surface area contributed by atoms with Crippen LogP contribution >= 0.6 is 0 Å². The fourth-order valence-corrected chi connectivity index (χ4v) is 3.40. The summed E-state index contributed by atoms with van der Waals surface area (Å²) in [5.74, 6) is 1.45. The summed E-state index contributed by atoms with van der Waals surface area (Å²) < 4.78 is 0. The molecule has 0 aliphatic carbocycles. The highest BCUT2D eigenvalue weighted by Crippen LogP contribution is 2.32. The molecule has 1 atom stereocenters. The number of aromatic nitrogens is 3. The molecule has 3 aromatic rings. The van der Waals surface area contributed by atoms with Gasteiger partial charge in [-0.3, -0.25) is 0 Å². The first-order valence-corrected chi connectivity index (χ1v) is 7.89. The Balaban J connectivity index is 1.75. The van der Waals surface area contributed by atoms with E-state index in [4.69, 9.17) is 0 Å². The zero-order chi connectivity index (χ0) is 15.6. The lowest BCUT2D eigenvalue weighted by Gasteiger charge is -2.34. The number of anilines is 1. The maximum Gasteiger partial charge on any atom is 0.143 e. The van der Waals surface area contributed by atoms with Crippen LogP contribution in [0.2, 0.25) is 0 Å². The van der Waals surface area contributed by atoms with Gasteiger partial charge in [0.25, 0.3) is 0 Å². The third kappa shape index (κ3) is 2.53. The maximum absolute atomic E-state index is 9.28. The van der Waals surface area contributed by atoms with Crippen molar-refractivity contribution in [1.29, 1.82) is 5.26 Å². The molecule has 0 bridgehead atoms. The average molecular weight is 303 g/mol. The fourth-order valence-electron chi connectivity index (χ4n) is 3.40. The monoisotopic (exact) mass is 303 g/mol. The number of nitrogens with zero attached hydrogens (tertiary/aromatic N) is 4. The molecule has 1 aliphatic heterocycles. The Morgan fingerprint density at radius 1 is 1.30 bits per heavy atom. The van der Waals surface area contributed by atoms with Crippen LogP contribution < -0.4 is 4.90 Å². The van der Waals surface area contributed by atoms with Crippen LogP contribution in [0.1, 0.15) is 30.3 Å². The molecule has 5 heteroatoms. The normalized spacial score (nSPS) is 18.0. The lowest BCUT2D eigenvalue weighted by molar-refractivity contribution is 0.495. The Kier molecular flexibility index (Phi) is 3.43. The molecule has 0 radical (unpaired) electrons. The summed E-state index contributed by atoms with van der Waals surface area (Å²) in [7, 11) is 0. The second-order valence-electron chi connectivity index (χ2n) is 5.92. The molecule has 23 heavy (non-hydrogen) atoms. The number of aromatic amines is 1. The number of rotatable bonds is 2. The first-order chi connectivity index (χ1) is 11.3. The van der Waals surface area contributed by atoms with Crippen molar-refractivity contribution in [2.24, 2.45) is 0 Å². The predicted octanol–water partition coefficient (Wildman–Crippen LogP) is 3.21. The summed E-state index contributed by atoms with van der Waals surface area (Å²) >= 11 is 0. The average Bonchev–Trinajstić information content (AvgIpc) is 3.15. The molecule has 0 spiro atoms. The van der Waals surface area contributed by atoms with Gasteiger partial charge in [0.1, 0.15) is 17.6 Å². The van der Waals surface area contributed by atoms with Crippen molar-refractivity contribution < 1.29 is 0 Å². The lowest BCUT2D eigenvalue weighted by Crippen LogP contribution is -2.35. The number of H-pyrrole nitrogens is 1. The van der Waals surface area contributed by atoms with Gasteiger partial charge < -0.3 is 9.88 Å². The minimum atomic E-state index is 0.399. The minimum Gasteiger partial charge on any atom is -0.370 e. The number of imidazole rings is 1. The van der Waals surface area contributed by atoms with Gasteiger partial charge in [-0.25, -0.2) is 9.97 Å². The highest BCUT2D eigenvalue weighted by atomic mass is 15.1. The summed E-state index contributed by atoms with van der Waals surface area (Å²) in [5.41, 5.74) is 2.45.